The van der Waals surface area contributed by atoms with Crippen molar-refractivity contribution in [1.29, 1.82) is 0 Å². The molecule has 25 heavy (non-hydrogen) atoms. The molecule has 0 radical (unpaired) electrons. The van der Waals surface area contributed by atoms with Crippen LogP contribution in [0.2, 0.25) is 0 Å². The van der Waals surface area contributed by atoms with E-state index in [4.69, 9.17) is 14.2 Å². The Kier molecular flexibility index (Phi) is 8.34. The topological polar surface area (TPSA) is 72.1 Å². The van der Waals surface area contributed by atoms with Crippen LogP contribution < -0.4 is 24.8 Å². The van der Waals surface area contributed by atoms with Crippen molar-refractivity contribution in [2.24, 2.45) is 0 Å². The van der Waals surface area contributed by atoms with E-state index in [1.54, 1.807) is 21.3 Å². The highest BCUT2D eigenvalue weighted by Crippen LogP contribution is 2.40. The first-order valence-corrected chi connectivity index (χ1v) is 8.38. The number of nitrogens with zero attached hydrogens (tertiary/aromatic N) is 1. The van der Waals surface area contributed by atoms with Crippen molar-refractivity contribution in [2.45, 2.75) is 32.4 Å². The first-order chi connectivity index (χ1) is 11.9. The highest BCUT2D eigenvalue weighted by atomic mass is 16.5. The summed E-state index contributed by atoms with van der Waals surface area (Å²) in [6, 6.07) is 3.73. The van der Waals surface area contributed by atoms with Crippen molar-refractivity contribution in [3.8, 4) is 17.2 Å². The highest BCUT2D eigenvalue weighted by Gasteiger charge is 2.21. The number of urea groups is 1. The fourth-order valence-corrected chi connectivity index (χ4v) is 2.46. The van der Waals surface area contributed by atoms with E-state index < -0.39 is 0 Å². The molecule has 7 nitrogen and oxygen atoms in total. The van der Waals surface area contributed by atoms with Gasteiger partial charge in [0, 0.05) is 12.6 Å². The third-order valence-corrected chi connectivity index (χ3v) is 4.14. The van der Waals surface area contributed by atoms with Crippen LogP contribution in [0.25, 0.3) is 0 Å². The molecule has 1 aromatic rings. The van der Waals surface area contributed by atoms with E-state index in [1.807, 2.05) is 45.0 Å². The van der Waals surface area contributed by atoms with Gasteiger partial charge >= 0.3 is 6.03 Å². The van der Waals surface area contributed by atoms with Crippen molar-refractivity contribution in [2.75, 3.05) is 42.0 Å². The lowest BCUT2D eigenvalue weighted by Crippen LogP contribution is -2.43. The summed E-state index contributed by atoms with van der Waals surface area (Å²) in [6.07, 6.45) is 0.886. The summed E-state index contributed by atoms with van der Waals surface area (Å²) in [5, 5.41) is 5.83. The summed E-state index contributed by atoms with van der Waals surface area (Å²) in [7, 11) is 8.67. The normalized spacial score (nSPS) is 13.1. The Balaban J connectivity index is 3.01. The Morgan fingerprint density at radius 2 is 1.68 bits per heavy atom. The number of benzene rings is 1. The largest absolute Gasteiger partial charge is 0.493 e. The molecule has 0 spiro atoms. The molecule has 142 valence electrons. The molecule has 0 bridgehead atoms. The van der Waals surface area contributed by atoms with Crippen molar-refractivity contribution in [3.05, 3.63) is 17.7 Å². The summed E-state index contributed by atoms with van der Waals surface area (Å²) in [5.41, 5.74) is 0.961. The number of nitrogens with one attached hydrogen (secondary N) is 2. The second kappa shape index (κ2) is 9.98. The van der Waals surface area contributed by atoms with Crippen molar-refractivity contribution in [3.63, 3.8) is 0 Å². The lowest BCUT2D eigenvalue weighted by molar-refractivity contribution is 0.229. The average molecular weight is 353 g/mol. The monoisotopic (exact) mass is 353 g/mol. The van der Waals surface area contributed by atoms with E-state index in [0.29, 0.717) is 23.8 Å². The quantitative estimate of drug-likeness (QED) is 0.713. The van der Waals surface area contributed by atoms with E-state index >= 15 is 0 Å². The number of amides is 2. The van der Waals surface area contributed by atoms with Gasteiger partial charge in [0.25, 0.3) is 0 Å². The van der Waals surface area contributed by atoms with Gasteiger partial charge in [0.05, 0.1) is 27.4 Å². The molecule has 7 heteroatoms. The molecule has 2 amide bonds. The maximum absolute atomic E-state index is 12.0. The zero-order chi connectivity index (χ0) is 19.0. The number of carbonyl (C=O) groups is 1. The molecule has 2 unspecified atom stereocenters. The van der Waals surface area contributed by atoms with E-state index in [1.165, 1.54) is 0 Å². The SMILES string of the molecule is CCC(C)NC(=O)NCC(c1cc(OC)c(OC)c(OC)c1)N(C)C. The molecule has 0 saturated heterocycles. The Labute approximate surface area is 150 Å². The number of hydrogen-bond donors (Lipinski definition) is 2. The maximum atomic E-state index is 12.0. The first-order valence-electron chi connectivity index (χ1n) is 8.38. The van der Waals surface area contributed by atoms with Gasteiger partial charge in [-0.3, -0.25) is 0 Å². The van der Waals surface area contributed by atoms with Crippen LogP contribution in [-0.2, 0) is 0 Å². The molecule has 0 aliphatic rings. The number of rotatable bonds is 9. The molecule has 0 aliphatic heterocycles. The Morgan fingerprint density at radius 3 is 2.08 bits per heavy atom. The third kappa shape index (κ3) is 5.70. The minimum atomic E-state index is -0.173. The number of methoxy groups -OCH3 is 3. The zero-order valence-electron chi connectivity index (χ0n) is 16.3. The lowest BCUT2D eigenvalue weighted by Gasteiger charge is -2.27. The number of hydrogen-bond acceptors (Lipinski definition) is 5. The smallest absolute Gasteiger partial charge is 0.315 e. The van der Waals surface area contributed by atoms with Gasteiger partial charge < -0.3 is 29.7 Å². The van der Waals surface area contributed by atoms with Gasteiger partial charge in [-0.2, -0.15) is 0 Å². The minimum absolute atomic E-state index is 0.0450. The second-order valence-electron chi connectivity index (χ2n) is 6.10. The zero-order valence-corrected chi connectivity index (χ0v) is 16.3. The van der Waals surface area contributed by atoms with Crippen molar-refractivity contribution >= 4 is 6.03 Å². The van der Waals surface area contributed by atoms with Crippen LogP contribution in [0.3, 0.4) is 0 Å². The molecule has 0 heterocycles. The molecule has 1 aromatic carbocycles. The fourth-order valence-electron chi connectivity index (χ4n) is 2.46. The molecule has 2 N–H and O–H groups in total. The van der Waals surface area contributed by atoms with Crippen molar-refractivity contribution in [1.82, 2.24) is 15.5 Å². The predicted molar refractivity (Wildman–Crippen MR) is 98.8 cm³/mol. The summed E-state index contributed by atoms with van der Waals surface area (Å²) in [5.74, 6) is 1.73. The lowest BCUT2D eigenvalue weighted by atomic mass is 10.0. The first kappa shape index (κ1) is 20.9. The Bertz CT molecular complexity index is 538. The summed E-state index contributed by atoms with van der Waals surface area (Å²) in [6.45, 7) is 4.46. The molecular weight excluding hydrogens is 322 g/mol. The van der Waals surface area contributed by atoms with Crippen LogP contribution in [-0.4, -0.2) is 58.9 Å². The molecule has 0 aromatic heterocycles. The number of ether oxygens (including phenoxy) is 3. The standard InChI is InChI=1S/C18H31N3O4/c1-8-12(2)20-18(22)19-11-14(21(3)4)13-9-15(23-5)17(25-7)16(10-13)24-6/h9-10,12,14H,8,11H2,1-7H3,(H2,19,20,22). The summed E-state index contributed by atoms with van der Waals surface area (Å²) >= 11 is 0. The van der Waals surface area contributed by atoms with Gasteiger partial charge in [-0.1, -0.05) is 6.92 Å². The summed E-state index contributed by atoms with van der Waals surface area (Å²) < 4.78 is 16.2. The Morgan fingerprint density at radius 1 is 1.12 bits per heavy atom. The third-order valence-electron chi connectivity index (χ3n) is 4.14. The van der Waals surface area contributed by atoms with Crippen LogP contribution in [0.15, 0.2) is 12.1 Å². The van der Waals surface area contributed by atoms with E-state index in [0.717, 1.165) is 12.0 Å². The minimum Gasteiger partial charge on any atom is -0.493 e. The molecular formula is C18H31N3O4. The van der Waals surface area contributed by atoms with Crippen LogP contribution in [0, 0.1) is 0 Å². The van der Waals surface area contributed by atoms with Crippen LogP contribution in [0.5, 0.6) is 17.2 Å². The highest BCUT2D eigenvalue weighted by molar-refractivity contribution is 5.74. The van der Waals surface area contributed by atoms with E-state index in [2.05, 4.69) is 10.6 Å². The second-order valence-corrected chi connectivity index (χ2v) is 6.10. The van der Waals surface area contributed by atoms with Crippen LogP contribution >= 0.6 is 0 Å². The van der Waals surface area contributed by atoms with Gasteiger partial charge in [0.2, 0.25) is 5.75 Å². The Hall–Kier alpha value is -2.15. The fraction of sp³-hybridized carbons (Fsp3) is 0.611. The van der Waals surface area contributed by atoms with Gasteiger partial charge in [-0.05, 0) is 45.1 Å². The molecule has 1 rings (SSSR count). The average Bonchev–Trinajstić information content (AvgIpc) is 2.60. The molecule has 0 saturated carbocycles. The number of carbonyl (C=O) groups excluding carboxylic acids is 1. The summed E-state index contributed by atoms with van der Waals surface area (Å²) in [4.78, 5) is 14.0. The van der Waals surface area contributed by atoms with Crippen LogP contribution in [0.4, 0.5) is 4.79 Å². The van der Waals surface area contributed by atoms with Gasteiger partial charge in [-0.15, -0.1) is 0 Å². The van der Waals surface area contributed by atoms with Gasteiger partial charge in [0.15, 0.2) is 11.5 Å². The van der Waals surface area contributed by atoms with E-state index in [9.17, 15) is 4.79 Å². The molecule has 2 atom stereocenters. The molecule has 0 aliphatic carbocycles. The predicted octanol–water partition coefficient (Wildman–Crippen LogP) is 2.41. The van der Waals surface area contributed by atoms with E-state index in [-0.39, 0.29) is 18.1 Å². The molecule has 0 fully saturated rings. The number of likely N-dealkylation sites (N-methyl/N-ethyl adjacent to an activating group) is 1. The maximum Gasteiger partial charge on any atom is 0.315 e. The van der Waals surface area contributed by atoms with Crippen molar-refractivity contribution < 1.29 is 19.0 Å². The van der Waals surface area contributed by atoms with Gasteiger partial charge in [0.1, 0.15) is 0 Å². The van der Waals surface area contributed by atoms with Crippen LogP contribution in [0.1, 0.15) is 31.9 Å². The van der Waals surface area contributed by atoms with Gasteiger partial charge in [-0.25, -0.2) is 4.79 Å².